The summed E-state index contributed by atoms with van der Waals surface area (Å²) in [4.78, 5) is 2.46. The molecular formula is C16H24N2O. The third-order valence-electron chi connectivity index (χ3n) is 4.65. The van der Waals surface area contributed by atoms with E-state index in [9.17, 15) is 5.11 Å². The van der Waals surface area contributed by atoms with E-state index in [1.807, 2.05) is 0 Å². The molecule has 1 aromatic carbocycles. The maximum Gasteiger partial charge on any atom is 0.0948 e. The predicted molar refractivity (Wildman–Crippen MR) is 77.4 cm³/mol. The number of benzene rings is 1. The molecule has 1 aromatic rings. The number of nitrogens with zero attached hydrogens (tertiary/aromatic N) is 1. The summed E-state index contributed by atoms with van der Waals surface area (Å²) in [5.74, 6) is 0. The zero-order valence-electron chi connectivity index (χ0n) is 11.9. The number of fused-ring (bicyclic) bond motifs is 1. The van der Waals surface area contributed by atoms with Gasteiger partial charge in [0.2, 0.25) is 0 Å². The molecule has 2 unspecified atom stereocenters. The van der Waals surface area contributed by atoms with Crippen LogP contribution in [0.15, 0.2) is 12.1 Å². The summed E-state index contributed by atoms with van der Waals surface area (Å²) in [6, 6.07) is 4.72. The molecule has 3 rings (SSSR count). The Morgan fingerprint density at radius 3 is 2.68 bits per heavy atom. The van der Waals surface area contributed by atoms with Crippen molar-refractivity contribution >= 4 is 0 Å². The summed E-state index contributed by atoms with van der Waals surface area (Å²) in [7, 11) is 0. The van der Waals surface area contributed by atoms with E-state index in [1.165, 1.54) is 22.3 Å². The summed E-state index contributed by atoms with van der Waals surface area (Å²) < 4.78 is 0. The molecule has 3 heteroatoms. The Morgan fingerprint density at radius 1 is 1.21 bits per heavy atom. The van der Waals surface area contributed by atoms with Crippen molar-refractivity contribution in [1.82, 2.24) is 10.2 Å². The van der Waals surface area contributed by atoms with Gasteiger partial charge in [0.05, 0.1) is 6.10 Å². The number of hydrogen-bond donors (Lipinski definition) is 2. The van der Waals surface area contributed by atoms with Crippen LogP contribution in [0.3, 0.4) is 0 Å². The van der Waals surface area contributed by atoms with Gasteiger partial charge in [-0.15, -0.1) is 0 Å². The minimum atomic E-state index is -0.319. The summed E-state index contributed by atoms with van der Waals surface area (Å²) in [5, 5.41) is 14.1. The van der Waals surface area contributed by atoms with Gasteiger partial charge in [0, 0.05) is 32.2 Å². The van der Waals surface area contributed by atoms with Gasteiger partial charge in [-0.1, -0.05) is 17.7 Å². The van der Waals surface area contributed by atoms with Crippen molar-refractivity contribution in [3.63, 3.8) is 0 Å². The van der Waals surface area contributed by atoms with Gasteiger partial charge in [0.1, 0.15) is 0 Å². The van der Waals surface area contributed by atoms with Crippen LogP contribution >= 0.6 is 0 Å². The number of nitrogens with one attached hydrogen (secondary N) is 1. The summed E-state index contributed by atoms with van der Waals surface area (Å²) in [6.07, 6.45) is 1.87. The van der Waals surface area contributed by atoms with Crippen LogP contribution in [0.2, 0.25) is 0 Å². The van der Waals surface area contributed by atoms with Gasteiger partial charge in [0.15, 0.2) is 0 Å². The lowest BCUT2D eigenvalue weighted by atomic mass is 9.82. The third kappa shape index (κ3) is 2.42. The molecule has 1 aliphatic carbocycles. The van der Waals surface area contributed by atoms with Crippen molar-refractivity contribution in [3.8, 4) is 0 Å². The normalized spacial score (nSPS) is 28.2. The molecule has 2 N–H and O–H groups in total. The van der Waals surface area contributed by atoms with E-state index in [1.54, 1.807) is 0 Å². The van der Waals surface area contributed by atoms with Crippen LogP contribution < -0.4 is 5.32 Å². The highest BCUT2D eigenvalue weighted by Crippen LogP contribution is 2.35. The maximum absolute atomic E-state index is 10.8. The first kappa shape index (κ1) is 13.1. The average molecular weight is 260 g/mol. The molecule has 0 saturated carbocycles. The van der Waals surface area contributed by atoms with Crippen LogP contribution in [0.1, 0.15) is 34.8 Å². The third-order valence-corrected chi connectivity index (χ3v) is 4.65. The second-order valence-electron chi connectivity index (χ2n) is 5.99. The van der Waals surface area contributed by atoms with Crippen LogP contribution in [-0.4, -0.2) is 42.2 Å². The number of aliphatic hydroxyl groups excluding tert-OH is 1. The lowest BCUT2D eigenvalue weighted by molar-refractivity contribution is 0.0296. The minimum Gasteiger partial charge on any atom is -0.387 e. The van der Waals surface area contributed by atoms with Gasteiger partial charge in [-0.3, -0.25) is 4.90 Å². The van der Waals surface area contributed by atoms with E-state index < -0.39 is 0 Å². The number of hydrogen-bond acceptors (Lipinski definition) is 3. The molecule has 1 heterocycles. The molecule has 2 atom stereocenters. The number of rotatable bonds is 1. The Morgan fingerprint density at radius 2 is 1.95 bits per heavy atom. The molecule has 0 bridgehead atoms. The van der Waals surface area contributed by atoms with Crippen molar-refractivity contribution in [2.75, 3.05) is 26.2 Å². The van der Waals surface area contributed by atoms with E-state index in [2.05, 4.69) is 36.2 Å². The van der Waals surface area contributed by atoms with Gasteiger partial charge in [0.25, 0.3) is 0 Å². The molecule has 1 saturated heterocycles. The number of aliphatic hydroxyl groups is 1. The molecule has 104 valence electrons. The SMILES string of the molecule is Cc1cc(C)c2c(c1)C(O)C(N1CCNCC1)CC2. The molecule has 0 aromatic heterocycles. The Balaban J connectivity index is 1.88. The monoisotopic (exact) mass is 260 g/mol. The van der Waals surface area contributed by atoms with E-state index in [4.69, 9.17) is 0 Å². The number of piperazine rings is 1. The summed E-state index contributed by atoms with van der Waals surface area (Å²) in [6.45, 7) is 8.49. The highest BCUT2D eigenvalue weighted by Gasteiger charge is 2.33. The highest BCUT2D eigenvalue weighted by molar-refractivity contribution is 5.42. The maximum atomic E-state index is 10.8. The molecule has 2 aliphatic rings. The van der Waals surface area contributed by atoms with Crippen LogP contribution in [0.5, 0.6) is 0 Å². The lowest BCUT2D eigenvalue weighted by Crippen LogP contribution is -2.51. The molecule has 19 heavy (non-hydrogen) atoms. The zero-order valence-corrected chi connectivity index (χ0v) is 11.9. The fourth-order valence-corrected chi connectivity index (χ4v) is 3.69. The molecule has 1 fully saturated rings. The molecule has 0 radical (unpaired) electrons. The number of aryl methyl sites for hydroxylation is 2. The van der Waals surface area contributed by atoms with Crippen LogP contribution in [0.25, 0.3) is 0 Å². The fourth-order valence-electron chi connectivity index (χ4n) is 3.69. The van der Waals surface area contributed by atoms with E-state index >= 15 is 0 Å². The van der Waals surface area contributed by atoms with Crippen molar-refractivity contribution in [3.05, 3.63) is 34.4 Å². The Bertz CT molecular complexity index is 466. The van der Waals surface area contributed by atoms with Crippen LogP contribution in [-0.2, 0) is 6.42 Å². The van der Waals surface area contributed by atoms with Crippen molar-refractivity contribution in [2.45, 2.75) is 38.8 Å². The summed E-state index contributed by atoms with van der Waals surface area (Å²) in [5.41, 5.74) is 5.15. The topological polar surface area (TPSA) is 35.5 Å². The summed E-state index contributed by atoms with van der Waals surface area (Å²) >= 11 is 0. The largest absolute Gasteiger partial charge is 0.387 e. The molecule has 3 nitrogen and oxygen atoms in total. The highest BCUT2D eigenvalue weighted by atomic mass is 16.3. The quantitative estimate of drug-likeness (QED) is 0.804. The van der Waals surface area contributed by atoms with E-state index in [0.717, 1.165) is 39.0 Å². The molecule has 0 spiro atoms. The first-order valence-corrected chi connectivity index (χ1v) is 7.39. The predicted octanol–water partition coefficient (Wildman–Crippen LogP) is 1.56. The Kier molecular flexibility index (Phi) is 3.61. The van der Waals surface area contributed by atoms with Gasteiger partial charge in [-0.2, -0.15) is 0 Å². The van der Waals surface area contributed by atoms with E-state index in [-0.39, 0.29) is 6.10 Å². The standard InChI is InChI=1S/C16H24N2O/c1-11-9-12(2)13-3-4-15(16(19)14(13)10-11)18-7-5-17-6-8-18/h9-10,15-17,19H,3-8H2,1-2H3. The molecule has 1 aliphatic heterocycles. The van der Waals surface area contributed by atoms with Crippen molar-refractivity contribution < 1.29 is 5.11 Å². The van der Waals surface area contributed by atoms with Crippen LogP contribution in [0.4, 0.5) is 0 Å². The van der Waals surface area contributed by atoms with Crippen molar-refractivity contribution in [1.29, 1.82) is 0 Å². The zero-order chi connectivity index (χ0) is 13.4. The fraction of sp³-hybridized carbons (Fsp3) is 0.625. The first-order valence-electron chi connectivity index (χ1n) is 7.39. The van der Waals surface area contributed by atoms with Gasteiger partial charge in [-0.05, 0) is 43.4 Å². The Hall–Kier alpha value is -0.900. The van der Waals surface area contributed by atoms with Gasteiger partial charge >= 0.3 is 0 Å². The Labute approximate surface area is 115 Å². The van der Waals surface area contributed by atoms with Gasteiger partial charge < -0.3 is 10.4 Å². The molecular weight excluding hydrogens is 236 g/mol. The average Bonchev–Trinajstić information content (AvgIpc) is 2.41. The second-order valence-corrected chi connectivity index (χ2v) is 5.99. The first-order chi connectivity index (χ1) is 9.16. The second kappa shape index (κ2) is 5.23. The smallest absolute Gasteiger partial charge is 0.0948 e. The van der Waals surface area contributed by atoms with Gasteiger partial charge in [-0.25, -0.2) is 0 Å². The minimum absolute atomic E-state index is 0.302. The molecule has 0 amide bonds. The van der Waals surface area contributed by atoms with Crippen molar-refractivity contribution in [2.24, 2.45) is 0 Å². The lowest BCUT2D eigenvalue weighted by Gasteiger charge is -2.41. The van der Waals surface area contributed by atoms with Crippen LogP contribution in [0, 0.1) is 13.8 Å². The van der Waals surface area contributed by atoms with E-state index in [0.29, 0.717) is 6.04 Å².